The molecule has 6 nitrogen and oxygen atoms in total. The van der Waals surface area contributed by atoms with Gasteiger partial charge in [-0.1, -0.05) is 0 Å². The Hall–Kier alpha value is 0.359. The van der Waals surface area contributed by atoms with Crippen LogP contribution in [-0.2, 0) is 25.2 Å². The standard InChI is InChI=1S/2C12H25.2C8H16O3S.Sn/c2*1-3-5-7-9-11-12-10-8-6-4-2;2*1-11-5-3-2-4-7(6-12)8(9)10;/h2*1,3-12H2,2H3;2*7,12H,2-6H2,1H3,(H,9,10);/q;;;;+2/p-2. The molecule has 0 rings (SSSR count). The Labute approximate surface area is 320 Å². The predicted octanol–water partition coefficient (Wildman–Crippen LogP) is 12.1. The first kappa shape index (κ1) is 49.4. The van der Waals surface area contributed by atoms with Crippen LogP contribution in [0.3, 0.4) is 0 Å². The van der Waals surface area contributed by atoms with Crippen LogP contribution in [0, 0.1) is 11.8 Å². The summed E-state index contributed by atoms with van der Waals surface area (Å²) in [6.45, 7) is 5.89. The van der Waals surface area contributed by atoms with Crippen molar-refractivity contribution >= 4 is 56.4 Å². The van der Waals surface area contributed by atoms with Gasteiger partial charge in [-0.05, 0) is 0 Å². The van der Waals surface area contributed by atoms with E-state index in [1.165, 1.54) is 103 Å². The van der Waals surface area contributed by atoms with Crippen LogP contribution in [0.25, 0.3) is 0 Å². The summed E-state index contributed by atoms with van der Waals surface area (Å²) >= 11 is 4.93. The van der Waals surface area contributed by atoms with Crippen LogP contribution in [-0.4, -0.2) is 70.1 Å². The molecule has 0 saturated carbocycles. The Morgan fingerprint density at radius 1 is 0.469 bits per heavy atom. The van der Waals surface area contributed by atoms with Crippen LogP contribution in [0.15, 0.2) is 0 Å². The third kappa shape index (κ3) is 28.5. The number of unbranched alkanes of at least 4 members (excludes halogenated alkanes) is 20. The van der Waals surface area contributed by atoms with E-state index in [1.54, 1.807) is 14.2 Å². The molecule has 0 saturated heterocycles. The van der Waals surface area contributed by atoms with Crippen LogP contribution in [0.2, 0.25) is 8.87 Å². The van der Waals surface area contributed by atoms with Gasteiger partial charge in [0.25, 0.3) is 0 Å². The first-order chi connectivity index (χ1) is 23.9. The minimum absolute atomic E-state index is 0.197. The third-order valence-electron chi connectivity index (χ3n) is 9.81. The molecule has 9 heteroatoms. The quantitative estimate of drug-likeness (QED) is 0.0367. The molecular formula is C40H80O6S2Sn. The zero-order valence-electron chi connectivity index (χ0n) is 32.6. The predicted molar refractivity (Wildman–Crippen MR) is 217 cm³/mol. The Bertz CT molecular complexity index is 684. The van der Waals surface area contributed by atoms with Crippen molar-refractivity contribution < 1.29 is 25.2 Å². The van der Waals surface area contributed by atoms with Gasteiger partial charge in [-0.25, -0.2) is 0 Å². The van der Waals surface area contributed by atoms with Crippen molar-refractivity contribution in [3.05, 3.63) is 0 Å². The maximum absolute atomic E-state index is 13.8. The van der Waals surface area contributed by atoms with E-state index in [4.69, 9.17) is 15.6 Å². The Balaban J connectivity index is 5.66. The van der Waals surface area contributed by atoms with Gasteiger partial charge in [0, 0.05) is 0 Å². The maximum atomic E-state index is 13.8. The summed E-state index contributed by atoms with van der Waals surface area (Å²) in [5.74, 6) is -0.0841. The summed E-state index contributed by atoms with van der Waals surface area (Å²) in [6, 6.07) is 0. The number of rotatable bonds is 38. The first-order valence-electron chi connectivity index (χ1n) is 20.6. The molecule has 0 heterocycles. The summed E-state index contributed by atoms with van der Waals surface area (Å²) in [4.78, 5) is 27.6. The number of hydrogen-bond acceptors (Lipinski definition) is 8. The van der Waals surface area contributed by atoms with Crippen LogP contribution < -0.4 is 0 Å². The summed E-state index contributed by atoms with van der Waals surface area (Å²) in [5.41, 5.74) is 0. The van der Waals surface area contributed by atoms with Gasteiger partial charge in [0.05, 0.1) is 0 Å². The van der Waals surface area contributed by atoms with Gasteiger partial charge in [-0.15, -0.1) is 0 Å². The molecule has 0 aromatic rings. The summed E-state index contributed by atoms with van der Waals surface area (Å²) < 4.78 is 25.2. The number of hydrogen-bond donors (Lipinski definition) is 2. The molecular weight excluding hydrogens is 759 g/mol. The van der Waals surface area contributed by atoms with Crippen molar-refractivity contribution in [3.8, 4) is 0 Å². The van der Waals surface area contributed by atoms with Gasteiger partial charge in [0.1, 0.15) is 0 Å². The van der Waals surface area contributed by atoms with Gasteiger partial charge in [0.15, 0.2) is 0 Å². The molecule has 0 aliphatic carbocycles. The van der Waals surface area contributed by atoms with Gasteiger partial charge in [0.2, 0.25) is 0 Å². The van der Waals surface area contributed by atoms with E-state index in [9.17, 15) is 9.59 Å². The molecule has 0 radical (unpaired) electrons. The Morgan fingerprint density at radius 3 is 1.06 bits per heavy atom. The average molecular weight is 840 g/mol. The fourth-order valence-electron chi connectivity index (χ4n) is 6.49. The second-order valence-corrected chi connectivity index (χ2v) is 24.3. The molecule has 0 spiro atoms. The second kappa shape index (κ2) is 36.7. The molecule has 49 heavy (non-hydrogen) atoms. The van der Waals surface area contributed by atoms with Crippen molar-refractivity contribution in [2.75, 3.05) is 38.9 Å². The molecule has 0 N–H and O–H groups in total. The van der Waals surface area contributed by atoms with E-state index in [2.05, 4.69) is 39.1 Å². The summed E-state index contributed by atoms with van der Waals surface area (Å²) in [7, 11) is 3.41. The normalized spacial score (nSPS) is 13.0. The third-order valence-corrected chi connectivity index (χ3v) is 20.3. The van der Waals surface area contributed by atoms with Gasteiger partial charge >= 0.3 is 322 Å². The fraction of sp³-hybridized carbons (Fsp3) is 0.950. The van der Waals surface area contributed by atoms with Crippen molar-refractivity contribution in [2.24, 2.45) is 11.8 Å². The van der Waals surface area contributed by atoms with Gasteiger partial charge < -0.3 is 0 Å². The van der Waals surface area contributed by atoms with Crippen LogP contribution in [0.5, 0.6) is 0 Å². The van der Waals surface area contributed by atoms with Gasteiger partial charge in [-0.3, -0.25) is 0 Å². The van der Waals surface area contributed by atoms with Crippen molar-refractivity contribution in [2.45, 2.75) is 190 Å². The summed E-state index contributed by atoms with van der Waals surface area (Å²) in [6.07, 6.45) is 29.9. The van der Waals surface area contributed by atoms with E-state index in [0.717, 1.165) is 73.1 Å². The molecule has 2 atom stereocenters. The Kier molecular flexibility index (Phi) is 37.0. The number of methoxy groups -OCH3 is 2. The molecule has 0 aromatic carbocycles. The monoisotopic (exact) mass is 840 g/mol. The zero-order valence-corrected chi connectivity index (χ0v) is 37.3. The van der Waals surface area contributed by atoms with E-state index < -0.39 is 19.2 Å². The second-order valence-electron chi connectivity index (χ2n) is 14.4. The molecule has 2 unspecified atom stereocenters. The molecule has 0 aliphatic rings. The molecule has 0 aliphatic heterocycles. The van der Waals surface area contributed by atoms with E-state index >= 15 is 0 Å². The molecule has 292 valence electrons. The Morgan fingerprint density at radius 2 is 0.776 bits per heavy atom. The van der Waals surface area contributed by atoms with Gasteiger partial charge in [-0.2, -0.15) is 0 Å². The number of carbonyl (C=O) groups excluding carboxylic acids is 2. The number of thiol groups is 2. The van der Waals surface area contributed by atoms with E-state index in [1.807, 2.05) is 0 Å². The van der Waals surface area contributed by atoms with E-state index in [0.29, 0.717) is 24.7 Å². The number of carbonyl (C=O) groups is 2. The average Bonchev–Trinajstić information content (AvgIpc) is 3.09. The SMILES string of the molecule is CCCCCCCCCCC[CH2][Sn]([CH2]CCCCCCCCCCC)([O]C(=O)C(CS)CCCCOC)[O]C(=O)C(CS)CCCCOC. The van der Waals surface area contributed by atoms with Crippen molar-refractivity contribution in [1.82, 2.24) is 0 Å². The summed E-state index contributed by atoms with van der Waals surface area (Å²) in [5, 5.41) is 0. The van der Waals surface area contributed by atoms with E-state index in [-0.39, 0.29) is 23.8 Å². The topological polar surface area (TPSA) is 71.1 Å². The van der Waals surface area contributed by atoms with Crippen LogP contribution in [0.1, 0.15) is 181 Å². The molecule has 0 fully saturated rings. The minimum atomic E-state index is -4.18. The molecule has 0 aromatic heterocycles. The number of ether oxygens (including phenoxy) is 2. The fourth-order valence-corrected chi connectivity index (χ4v) is 16.7. The van der Waals surface area contributed by atoms with Crippen LogP contribution in [0.4, 0.5) is 0 Å². The van der Waals surface area contributed by atoms with Crippen LogP contribution >= 0.6 is 25.3 Å². The van der Waals surface area contributed by atoms with Crippen molar-refractivity contribution in [1.29, 1.82) is 0 Å². The molecule has 0 amide bonds. The first-order valence-corrected chi connectivity index (χ1v) is 28.2. The zero-order chi connectivity index (χ0) is 36.3. The molecule has 0 bridgehead atoms. The van der Waals surface area contributed by atoms with Crippen molar-refractivity contribution in [3.63, 3.8) is 0 Å².